The van der Waals surface area contributed by atoms with E-state index in [1.165, 1.54) is 19.9 Å². The maximum absolute atomic E-state index is 13.5. The van der Waals surface area contributed by atoms with Gasteiger partial charge in [-0.1, -0.05) is 23.8 Å². The minimum atomic E-state index is -2.96. The smallest absolute Gasteiger partial charge is 0.309 e. The van der Waals surface area contributed by atoms with Crippen LogP contribution in [0.3, 0.4) is 0 Å². The van der Waals surface area contributed by atoms with Gasteiger partial charge in [0.2, 0.25) is 0 Å². The lowest BCUT2D eigenvalue weighted by molar-refractivity contribution is -0.146. The van der Waals surface area contributed by atoms with Crippen LogP contribution in [0.1, 0.15) is 37.5 Å². The summed E-state index contributed by atoms with van der Waals surface area (Å²) in [6.45, 7) is 5.70. The van der Waals surface area contributed by atoms with Crippen molar-refractivity contribution in [2.75, 3.05) is 0 Å². The lowest BCUT2D eigenvalue weighted by Crippen LogP contribution is -2.27. The van der Waals surface area contributed by atoms with Gasteiger partial charge in [-0.15, -0.1) is 0 Å². The van der Waals surface area contributed by atoms with Crippen molar-refractivity contribution in [3.63, 3.8) is 0 Å². The Labute approximate surface area is 106 Å². The minimum Gasteiger partial charge on any atom is -0.481 e. The third-order valence-electron chi connectivity index (χ3n) is 2.95. The van der Waals surface area contributed by atoms with Gasteiger partial charge in [-0.05, 0) is 32.8 Å². The Morgan fingerprint density at radius 3 is 2.28 bits per heavy atom. The first-order chi connectivity index (χ1) is 8.04. The monoisotopic (exact) mass is 256 g/mol. The Bertz CT molecular complexity index is 459. The molecule has 100 valence electrons. The zero-order valence-corrected chi connectivity index (χ0v) is 11.1. The van der Waals surface area contributed by atoms with Crippen LogP contribution in [0.2, 0.25) is 0 Å². The van der Waals surface area contributed by atoms with Crippen molar-refractivity contribution in [1.82, 2.24) is 0 Å². The molecule has 0 fully saturated rings. The largest absolute Gasteiger partial charge is 0.481 e. The molecule has 0 unspecified atom stereocenters. The highest BCUT2D eigenvalue weighted by molar-refractivity contribution is 5.74. The zero-order chi connectivity index (χ0) is 14.1. The van der Waals surface area contributed by atoms with Crippen molar-refractivity contribution in [3.05, 3.63) is 34.9 Å². The first-order valence-electron chi connectivity index (χ1n) is 5.75. The van der Waals surface area contributed by atoms with Crippen LogP contribution >= 0.6 is 0 Å². The molecule has 1 N–H and O–H groups in total. The van der Waals surface area contributed by atoms with E-state index in [4.69, 9.17) is 5.11 Å². The van der Waals surface area contributed by atoms with Crippen LogP contribution in [0, 0.1) is 12.3 Å². The molecule has 2 nitrogen and oxygen atoms in total. The molecule has 0 bridgehead atoms. The van der Waals surface area contributed by atoms with Crippen molar-refractivity contribution in [2.24, 2.45) is 5.41 Å². The number of aliphatic carboxylic acids is 1. The summed E-state index contributed by atoms with van der Waals surface area (Å²) in [5.41, 5.74) is 0.0878. The molecule has 0 atom stereocenters. The van der Waals surface area contributed by atoms with E-state index in [0.29, 0.717) is 5.56 Å². The molecule has 0 saturated heterocycles. The van der Waals surface area contributed by atoms with Gasteiger partial charge in [0.15, 0.2) is 0 Å². The summed E-state index contributed by atoms with van der Waals surface area (Å²) in [5, 5.41) is 9.08. The van der Waals surface area contributed by atoms with Crippen molar-refractivity contribution in [1.29, 1.82) is 0 Å². The summed E-state index contributed by atoms with van der Waals surface area (Å²) in [6.07, 6.45) is 0.0861. The zero-order valence-electron chi connectivity index (χ0n) is 11.1. The topological polar surface area (TPSA) is 37.3 Å². The molecule has 4 heteroatoms. The van der Waals surface area contributed by atoms with Crippen LogP contribution < -0.4 is 0 Å². The molecule has 0 amide bonds. The summed E-state index contributed by atoms with van der Waals surface area (Å²) in [4.78, 5) is 11.1. The maximum Gasteiger partial charge on any atom is 0.309 e. The van der Waals surface area contributed by atoms with Gasteiger partial charge in [-0.25, -0.2) is 8.78 Å². The van der Waals surface area contributed by atoms with Gasteiger partial charge in [-0.2, -0.15) is 0 Å². The predicted molar refractivity (Wildman–Crippen MR) is 65.9 cm³/mol. The summed E-state index contributed by atoms with van der Waals surface area (Å²) in [6, 6.07) is 4.63. The second kappa shape index (κ2) is 4.67. The van der Waals surface area contributed by atoms with Gasteiger partial charge in [0.25, 0.3) is 5.92 Å². The second-order valence-corrected chi connectivity index (χ2v) is 5.41. The Morgan fingerprint density at radius 1 is 1.28 bits per heavy atom. The number of aryl methyl sites for hydroxylation is 1. The van der Waals surface area contributed by atoms with Gasteiger partial charge in [0.1, 0.15) is 0 Å². The fourth-order valence-corrected chi connectivity index (χ4v) is 1.85. The number of carboxylic acids is 1. The SMILES string of the molecule is Cc1ccc(C(C)(F)F)c(CC(C)(C)C(=O)O)c1. The van der Waals surface area contributed by atoms with Gasteiger partial charge >= 0.3 is 5.97 Å². The Hall–Kier alpha value is -1.45. The van der Waals surface area contributed by atoms with Gasteiger partial charge in [0, 0.05) is 12.5 Å². The molecule has 0 aliphatic heterocycles. The van der Waals surface area contributed by atoms with Crippen LogP contribution in [-0.4, -0.2) is 11.1 Å². The highest BCUT2D eigenvalue weighted by atomic mass is 19.3. The summed E-state index contributed by atoms with van der Waals surface area (Å²) in [7, 11) is 0. The third kappa shape index (κ3) is 3.28. The van der Waals surface area contributed by atoms with E-state index in [-0.39, 0.29) is 12.0 Å². The fourth-order valence-electron chi connectivity index (χ4n) is 1.85. The normalized spacial score (nSPS) is 12.6. The molecule has 0 saturated carbocycles. The first-order valence-corrected chi connectivity index (χ1v) is 5.75. The van der Waals surface area contributed by atoms with Crippen LogP contribution in [0.25, 0.3) is 0 Å². The van der Waals surface area contributed by atoms with Gasteiger partial charge in [-0.3, -0.25) is 4.79 Å². The number of carboxylic acid groups (broad SMARTS) is 1. The highest BCUT2D eigenvalue weighted by Gasteiger charge is 2.33. The molecule has 0 aromatic heterocycles. The third-order valence-corrected chi connectivity index (χ3v) is 2.95. The minimum absolute atomic E-state index is 0.0861. The van der Waals surface area contributed by atoms with Crippen molar-refractivity contribution >= 4 is 5.97 Å². The van der Waals surface area contributed by atoms with E-state index in [1.54, 1.807) is 19.1 Å². The Balaban J connectivity index is 3.23. The lowest BCUT2D eigenvalue weighted by atomic mass is 9.83. The van der Waals surface area contributed by atoms with E-state index in [0.717, 1.165) is 12.5 Å². The Morgan fingerprint density at radius 2 is 1.83 bits per heavy atom. The number of hydrogen-bond donors (Lipinski definition) is 1. The van der Waals surface area contributed by atoms with Crippen molar-refractivity contribution in [2.45, 2.75) is 40.0 Å². The molecule has 1 aromatic carbocycles. The lowest BCUT2D eigenvalue weighted by Gasteiger charge is -2.23. The van der Waals surface area contributed by atoms with Crippen LogP contribution in [-0.2, 0) is 17.1 Å². The molecule has 0 radical (unpaired) electrons. The average molecular weight is 256 g/mol. The van der Waals surface area contributed by atoms with Gasteiger partial charge < -0.3 is 5.11 Å². The number of hydrogen-bond acceptors (Lipinski definition) is 1. The van der Waals surface area contributed by atoms with E-state index < -0.39 is 17.3 Å². The second-order valence-electron chi connectivity index (χ2n) is 5.41. The van der Waals surface area contributed by atoms with Crippen LogP contribution in [0.15, 0.2) is 18.2 Å². The fraction of sp³-hybridized carbons (Fsp3) is 0.500. The van der Waals surface area contributed by atoms with Crippen LogP contribution in [0.4, 0.5) is 8.78 Å². The molecule has 1 rings (SSSR count). The summed E-state index contributed by atoms with van der Waals surface area (Å²) in [5.74, 6) is -3.95. The van der Waals surface area contributed by atoms with E-state index in [1.807, 2.05) is 0 Å². The standard InChI is InChI=1S/C14H18F2O2/c1-9-5-6-11(14(4,15)16)10(7-9)8-13(2,3)12(17)18/h5-7H,8H2,1-4H3,(H,17,18). The van der Waals surface area contributed by atoms with Gasteiger partial charge in [0.05, 0.1) is 5.41 Å². The number of alkyl halides is 2. The summed E-state index contributed by atoms with van der Waals surface area (Å²) >= 11 is 0. The molecule has 0 aliphatic carbocycles. The predicted octanol–water partition coefficient (Wildman–Crippen LogP) is 3.76. The number of carbonyl (C=O) groups is 1. The maximum atomic E-state index is 13.5. The Kier molecular flexibility index (Phi) is 3.79. The van der Waals surface area contributed by atoms with Crippen LogP contribution in [0.5, 0.6) is 0 Å². The first kappa shape index (κ1) is 14.6. The quantitative estimate of drug-likeness (QED) is 0.890. The average Bonchev–Trinajstić information content (AvgIpc) is 2.14. The molecule has 18 heavy (non-hydrogen) atoms. The highest BCUT2D eigenvalue weighted by Crippen LogP contribution is 2.34. The summed E-state index contributed by atoms with van der Waals surface area (Å²) < 4.78 is 27.0. The molecule has 0 aliphatic rings. The number of benzene rings is 1. The number of rotatable bonds is 4. The molecule has 0 spiro atoms. The van der Waals surface area contributed by atoms with Crippen molar-refractivity contribution in [3.8, 4) is 0 Å². The van der Waals surface area contributed by atoms with E-state index in [9.17, 15) is 13.6 Å². The molecule has 1 aromatic rings. The van der Waals surface area contributed by atoms with E-state index >= 15 is 0 Å². The van der Waals surface area contributed by atoms with E-state index in [2.05, 4.69) is 0 Å². The molecular weight excluding hydrogens is 238 g/mol. The van der Waals surface area contributed by atoms with Crippen molar-refractivity contribution < 1.29 is 18.7 Å². The molecule has 0 heterocycles. The number of halogens is 2. The molecular formula is C14H18F2O2.